The molecule has 0 saturated carbocycles. The quantitative estimate of drug-likeness (QED) is 0.834. The molecule has 7 heteroatoms. The zero-order valence-corrected chi connectivity index (χ0v) is 12.5. The van der Waals surface area contributed by atoms with Crippen LogP contribution in [0, 0.1) is 0 Å². The van der Waals surface area contributed by atoms with Crippen molar-refractivity contribution in [2.24, 2.45) is 0 Å². The minimum atomic E-state index is -4.49. The molecule has 1 aromatic heterocycles. The van der Waals surface area contributed by atoms with E-state index in [0.29, 0.717) is 15.8 Å². The number of aromatic nitrogens is 1. The van der Waals surface area contributed by atoms with Crippen molar-refractivity contribution in [3.8, 4) is 5.75 Å². The molecule has 0 aliphatic carbocycles. The summed E-state index contributed by atoms with van der Waals surface area (Å²) in [5.41, 5.74) is -0.713. The van der Waals surface area contributed by atoms with Gasteiger partial charge >= 0.3 is 6.18 Å². The van der Waals surface area contributed by atoms with E-state index in [-0.39, 0.29) is 6.54 Å². The maximum absolute atomic E-state index is 12.7. The van der Waals surface area contributed by atoms with Crippen LogP contribution in [0.25, 0.3) is 0 Å². The van der Waals surface area contributed by atoms with Crippen molar-refractivity contribution in [3.63, 3.8) is 0 Å². The molecule has 0 saturated heterocycles. The second-order valence-corrected chi connectivity index (χ2v) is 5.19. The molecular weight excluding hydrogens is 351 g/mol. The lowest BCUT2D eigenvalue weighted by atomic mass is 10.2. The summed E-state index contributed by atoms with van der Waals surface area (Å²) >= 11 is 3.31. The second-order valence-electron chi connectivity index (χ2n) is 4.34. The Morgan fingerprint density at radius 3 is 2.57 bits per heavy atom. The van der Waals surface area contributed by atoms with Crippen LogP contribution < -0.4 is 10.3 Å². The first-order chi connectivity index (χ1) is 9.81. The number of ether oxygens (including phenoxy) is 1. The molecule has 0 aliphatic rings. The summed E-state index contributed by atoms with van der Waals surface area (Å²) in [6.07, 6.45) is -3.67. The Morgan fingerprint density at radius 1 is 1.24 bits per heavy atom. The third-order valence-corrected chi connectivity index (χ3v) is 3.68. The topological polar surface area (TPSA) is 31.2 Å². The highest BCUT2D eigenvalue weighted by Crippen LogP contribution is 2.28. The standard InChI is InChI=1S/C14H11BrF3NO2/c1-21-11-3-4-12(15)9(6-11)7-19-8-10(14(16,17)18)2-5-13(19)20/h2-6,8H,7H2,1H3. The van der Waals surface area contributed by atoms with Crippen LogP contribution in [0.3, 0.4) is 0 Å². The van der Waals surface area contributed by atoms with Gasteiger partial charge in [-0.15, -0.1) is 0 Å². The summed E-state index contributed by atoms with van der Waals surface area (Å²) in [5, 5.41) is 0. The van der Waals surface area contributed by atoms with E-state index in [9.17, 15) is 18.0 Å². The number of hydrogen-bond donors (Lipinski definition) is 0. The summed E-state index contributed by atoms with van der Waals surface area (Å²) in [4.78, 5) is 11.7. The number of rotatable bonds is 3. The molecule has 0 unspecified atom stereocenters. The number of benzene rings is 1. The second kappa shape index (κ2) is 5.93. The molecule has 0 amide bonds. The molecule has 0 radical (unpaired) electrons. The van der Waals surface area contributed by atoms with Gasteiger partial charge < -0.3 is 9.30 Å². The Labute approximate surface area is 127 Å². The average Bonchev–Trinajstić information content (AvgIpc) is 2.42. The molecule has 1 heterocycles. The number of halogens is 4. The molecule has 2 rings (SSSR count). The largest absolute Gasteiger partial charge is 0.497 e. The highest BCUT2D eigenvalue weighted by atomic mass is 79.9. The number of methoxy groups -OCH3 is 1. The van der Waals surface area contributed by atoms with Gasteiger partial charge in [0.05, 0.1) is 19.2 Å². The van der Waals surface area contributed by atoms with Gasteiger partial charge in [-0.2, -0.15) is 13.2 Å². The molecule has 0 aliphatic heterocycles. The third-order valence-electron chi connectivity index (χ3n) is 2.90. The fraction of sp³-hybridized carbons (Fsp3) is 0.214. The number of nitrogens with zero attached hydrogens (tertiary/aromatic N) is 1. The molecule has 1 aromatic carbocycles. The fourth-order valence-electron chi connectivity index (χ4n) is 1.81. The summed E-state index contributed by atoms with van der Waals surface area (Å²) in [5.74, 6) is 0.563. The maximum Gasteiger partial charge on any atom is 0.417 e. The molecule has 2 aromatic rings. The van der Waals surface area contributed by atoms with Gasteiger partial charge in [-0.25, -0.2) is 0 Å². The Kier molecular flexibility index (Phi) is 4.41. The van der Waals surface area contributed by atoms with Crippen LogP contribution in [0.4, 0.5) is 13.2 Å². The van der Waals surface area contributed by atoms with Gasteiger partial charge in [0.2, 0.25) is 0 Å². The lowest BCUT2D eigenvalue weighted by Crippen LogP contribution is -2.22. The normalized spacial score (nSPS) is 11.5. The number of pyridine rings is 1. The fourth-order valence-corrected chi connectivity index (χ4v) is 2.18. The van der Waals surface area contributed by atoms with Crippen LogP contribution in [0.5, 0.6) is 5.75 Å². The van der Waals surface area contributed by atoms with E-state index in [0.717, 1.165) is 22.9 Å². The summed E-state index contributed by atoms with van der Waals surface area (Å²) in [7, 11) is 1.49. The van der Waals surface area contributed by atoms with E-state index < -0.39 is 17.3 Å². The zero-order chi connectivity index (χ0) is 15.6. The van der Waals surface area contributed by atoms with Crippen molar-refractivity contribution in [2.45, 2.75) is 12.7 Å². The minimum absolute atomic E-state index is 0.0144. The monoisotopic (exact) mass is 361 g/mol. The zero-order valence-electron chi connectivity index (χ0n) is 10.9. The van der Waals surface area contributed by atoms with E-state index in [1.165, 1.54) is 7.11 Å². The smallest absolute Gasteiger partial charge is 0.417 e. The summed E-state index contributed by atoms with van der Waals surface area (Å²) in [6, 6.07) is 6.78. The van der Waals surface area contributed by atoms with Crippen LogP contribution in [0.1, 0.15) is 11.1 Å². The maximum atomic E-state index is 12.7. The van der Waals surface area contributed by atoms with Gasteiger partial charge in [-0.05, 0) is 29.8 Å². The molecule has 0 spiro atoms. The van der Waals surface area contributed by atoms with E-state index in [2.05, 4.69) is 15.9 Å². The highest BCUT2D eigenvalue weighted by Gasteiger charge is 2.31. The summed E-state index contributed by atoms with van der Waals surface area (Å²) in [6.45, 7) is 0.0144. The van der Waals surface area contributed by atoms with Crippen LogP contribution >= 0.6 is 15.9 Å². The predicted molar refractivity (Wildman–Crippen MR) is 75.5 cm³/mol. The van der Waals surface area contributed by atoms with Crippen molar-refractivity contribution in [2.75, 3.05) is 7.11 Å². The Balaban J connectivity index is 2.42. The molecule has 0 atom stereocenters. The first kappa shape index (κ1) is 15.6. The van der Waals surface area contributed by atoms with E-state index in [1.54, 1.807) is 18.2 Å². The summed E-state index contributed by atoms with van der Waals surface area (Å²) < 4.78 is 44.8. The number of alkyl halides is 3. The lowest BCUT2D eigenvalue weighted by Gasteiger charge is -2.12. The van der Waals surface area contributed by atoms with E-state index in [4.69, 9.17) is 4.74 Å². The number of hydrogen-bond acceptors (Lipinski definition) is 2. The van der Waals surface area contributed by atoms with Crippen molar-refractivity contribution >= 4 is 15.9 Å². The van der Waals surface area contributed by atoms with Gasteiger partial charge in [0.1, 0.15) is 5.75 Å². The molecule has 21 heavy (non-hydrogen) atoms. The van der Waals surface area contributed by atoms with E-state index >= 15 is 0 Å². The third kappa shape index (κ3) is 3.66. The van der Waals surface area contributed by atoms with Crippen LogP contribution in [-0.2, 0) is 12.7 Å². The molecular formula is C14H11BrF3NO2. The molecule has 0 bridgehead atoms. The first-order valence-corrected chi connectivity index (χ1v) is 6.70. The minimum Gasteiger partial charge on any atom is -0.497 e. The SMILES string of the molecule is COc1ccc(Br)c(Cn2cc(C(F)(F)F)ccc2=O)c1. The van der Waals surface area contributed by atoms with Crippen LogP contribution in [0.2, 0.25) is 0 Å². The van der Waals surface area contributed by atoms with Gasteiger partial charge in [0, 0.05) is 16.7 Å². The predicted octanol–water partition coefficient (Wildman–Crippen LogP) is 3.69. The molecule has 0 N–H and O–H groups in total. The Hall–Kier alpha value is -1.76. The van der Waals surface area contributed by atoms with Crippen molar-refractivity contribution < 1.29 is 17.9 Å². The van der Waals surface area contributed by atoms with Gasteiger partial charge in [-0.3, -0.25) is 4.79 Å². The average molecular weight is 362 g/mol. The van der Waals surface area contributed by atoms with Gasteiger partial charge in [-0.1, -0.05) is 15.9 Å². The molecule has 3 nitrogen and oxygen atoms in total. The Bertz CT molecular complexity index is 710. The highest BCUT2D eigenvalue weighted by molar-refractivity contribution is 9.10. The Morgan fingerprint density at radius 2 is 1.95 bits per heavy atom. The lowest BCUT2D eigenvalue weighted by molar-refractivity contribution is -0.138. The van der Waals surface area contributed by atoms with Crippen molar-refractivity contribution in [3.05, 3.63) is 62.5 Å². The van der Waals surface area contributed by atoms with Gasteiger partial charge in [0.15, 0.2) is 0 Å². The van der Waals surface area contributed by atoms with Crippen LogP contribution in [-0.4, -0.2) is 11.7 Å². The molecule has 112 valence electrons. The van der Waals surface area contributed by atoms with E-state index in [1.807, 2.05) is 0 Å². The van der Waals surface area contributed by atoms with Crippen molar-refractivity contribution in [1.29, 1.82) is 0 Å². The first-order valence-electron chi connectivity index (χ1n) is 5.91. The molecule has 0 fully saturated rings. The van der Waals surface area contributed by atoms with Gasteiger partial charge in [0.25, 0.3) is 5.56 Å². The van der Waals surface area contributed by atoms with Crippen LogP contribution in [0.15, 0.2) is 45.8 Å². The van der Waals surface area contributed by atoms with Crippen molar-refractivity contribution in [1.82, 2.24) is 4.57 Å².